The van der Waals surface area contributed by atoms with Crippen LogP contribution in [0.3, 0.4) is 0 Å². The molecule has 0 aliphatic heterocycles. The van der Waals surface area contributed by atoms with Gasteiger partial charge in [-0.25, -0.2) is 0 Å². The summed E-state index contributed by atoms with van der Waals surface area (Å²) in [6.07, 6.45) is 6.35. The van der Waals surface area contributed by atoms with Gasteiger partial charge in [-0.05, 0) is 30.4 Å². The molecular weight excluding hydrogens is 222 g/mol. The topological polar surface area (TPSA) is 46.2 Å². The van der Waals surface area contributed by atoms with Crippen LogP contribution in [-0.2, 0) is 6.42 Å². The summed E-state index contributed by atoms with van der Waals surface area (Å²) < 4.78 is 0. The molecule has 0 aromatic heterocycles. The third kappa shape index (κ3) is 2.45. The smallest absolute Gasteiger partial charge is 0.0860 e. The van der Waals surface area contributed by atoms with Crippen LogP contribution in [-0.4, -0.2) is 11.7 Å². The molecule has 100 valence electrons. The summed E-state index contributed by atoms with van der Waals surface area (Å²) in [4.78, 5) is 0. The lowest BCUT2D eigenvalue weighted by Gasteiger charge is -2.41. The first-order valence-electron chi connectivity index (χ1n) is 7.19. The van der Waals surface area contributed by atoms with Crippen molar-refractivity contribution in [1.82, 2.24) is 0 Å². The van der Waals surface area contributed by atoms with E-state index in [0.717, 1.165) is 24.8 Å². The Labute approximate surface area is 110 Å². The Morgan fingerprint density at radius 1 is 1.22 bits per heavy atom. The molecule has 1 saturated carbocycles. The Kier molecular flexibility index (Phi) is 4.41. The number of rotatable bonds is 4. The molecule has 3 N–H and O–H groups in total. The predicted molar refractivity (Wildman–Crippen MR) is 75.4 cm³/mol. The summed E-state index contributed by atoms with van der Waals surface area (Å²) in [6.45, 7) is 2.73. The van der Waals surface area contributed by atoms with E-state index in [-0.39, 0.29) is 5.41 Å². The van der Waals surface area contributed by atoms with Crippen molar-refractivity contribution in [3.63, 3.8) is 0 Å². The summed E-state index contributed by atoms with van der Waals surface area (Å²) in [7, 11) is 0. The highest BCUT2D eigenvalue weighted by atomic mass is 16.3. The first-order valence-corrected chi connectivity index (χ1v) is 7.19. The Morgan fingerprint density at radius 3 is 2.50 bits per heavy atom. The molecule has 2 heteroatoms. The molecule has 1 aliphatic carbocycles. The van der Waals surface area contributed by atoms with Crippen LogP contribution in [0.2, 0.25) is 0 Å². The largest absolute Gasteiger partial charge is 0.388 e. The maximum atomic E-state index is 10.8. The van der Waals surface area contributed by atoms with Crippen LogP contribution in [0, 0.1) is 5.41 Å². The molecule has 1 atom stereocenters. The number of aliphatic hydroxyl groups is 1. The van der Waals surface area contributed by atoms with E-state index < -0.39 is 6.10 Å². The lowest BCUT2D eigenvalue weighted by atomic mass is 9.68. The van der Waals surface area contributed by atoms with Crippen molar-refractivity contribution in [3.05, 3.63) is 35.4 Å². The zero-order valence-corrected chi connectivity index (χ0v) is 11.4. The van der Waals surface area contributed by atoms with E-state index >= 15 is 0 Å². The van der Waals surface area contributed by atoms with Gasteiger partial charge >= 0.3 is 0 Å². The Balaban J connectivity index is 2.30. The van der Waals surface area contributed by atoms with Crippen molar-refractivity contribution in [2.45, 2.75) is 51.6 Å². The van der Waals surface area contributed by atoms with E-state index in [1.54, 1.807) is 0 Å². The number of nitrogens with two attached hydrogens (primary N) is 1. The van der Waals surface area contributed by atoms with E-state index in [0.29, 0.717) is 6.54 Å². The SMILES string of the molecule is CCc1ccccc1C(O)C1(CN)CCCCC1. The molecule has 1 aromatic rings. The van der Waals surface area contributed by atoms with Crippen LogP contribution in [0.1, 0.15) is 56.3 Å². The third-order valence-corrected chi connectivity index (χ3v) is 4.57. The first-order chi connectivity index (χ1) is 8.73. The van der Waals surface area contributed by atoms with Crippen LogP contribution in [0.25, 0.3) is 0 Å². The fraction of sp³-hybridized carbons (Fsp3) is 0.625. The molecule has 2 rings (SSSR count). The second-order valence-electron chi connectivity index (χ2n) is 5.58. The van der Waals surface area contributed by atoms with Crippen molar-refractivity contribution in [3.8, 4) is 0 Å². The molecule has 1 fully saturated rings. The maximum absolute atomic E-state index is 10.8. The van der Waals surface area contributed by atoms with Crippen molar-refractivity contribution in [2.75, 3.05) is 6.54 Å². The molecule has 1 aromatic carbocycles. The van der Waals surface area contributed by atoms with Gasteiger partial charge in [0.1, 0.15) is 0 Å². The summed E-state index contributed by atoms with van der Waals surface area (Å²) in [6, 6.07) is 8.25. The monoisotopic (exact) mass is 247 g/mol. The van der Waals surface area contributed by atoms with E-state index in [9.17, 15) is 5.11 Å². The molecule has 0 bridgehead atoms. The zero-order chi connectivity index (χ0) is 13.0. The Hall–Kier alpha value is -0.860. The van der Waals surface area contributed by atoms with E-state index in [1.807, 2.05) is 12.1 Å². The van der Waals surface area contributed by atoms with Crippen LogP contribution in [0.5, 0.6) is 0 Å². The standard InChI is InChI=1S/C16H25NO/c1-2-13-8-4-5-9-14(13)15(18)16(12-17)10-6-3-7-11-16/h4-5,8-9,15,18H,2-3,6-7,10-12,17H2,1H3. The highest BCUT2D eigenvalue weighted by Crippen LogP contribution is 2.45. The van der Waals surface area contributed by atoms with Crippen molar-refractivity contribution < 1.29 is 5.11 Å². The van der Waals surface area contributed by atoms with Gasteiger partial charge in [0.15, 0.2) is 0 Å². The normalized spacial score (nSPS) is 20.6. The Bertz CT molecular complexity index is 382. The van der Waals surface area contributed by atoms with Crippen molar-refractivity contribution in [1.29, 1.82) is 0 Å². The minimum atomic E-state index is -0.404. The molecule has 0 amide bonds. The molecule has 1 aliphatic rings. The van der Waals surface area contributed by atoms with Crippen molar-refractivity contribution >= 4 is 0 Å². The lowest BCUT2D eigenvalue weighted by Crippen LogP contribution is -2.39. The van der Waals surface area contributed by atoms with Crippen LogP contribution in [0.15, 0.2) is 24.3 Å². The maximum Gasteiger partial charge on any atom is 0.0860 e. The molecular formula is C16H25NO. The molecule has 0 saturated heterocycles. The fourth-order valence-corrected chi connectivity index (χ4v) is 3.30. The van der Waals surface area contributed by atoms with Gasteiger partial charge in [-0.3, -0.25) is 0 Å². The summed E-state index contributed by atoms with van der Waals surface area (Å²) in [5.41, 5.74) is 8.26. The number of hydrogen-bond donors (Lipinski definition) is 2. The molecule has 18 heavy (non-hydrogen) atoms. The quantitative estimate of drug-likeness (QED) is 0.858. The number of aryl methyl sites for hydroxylation is 1. The molecule has 0 spiro atoms. The molecule has 2 nitrogen and oxygen atoms in total. The van der Waals surface area contributed by atoms with Crippen LogP contribution < -0.4 is 5.73 Å². The van der Waals surface area contributed by atoms with Crippen LogP contribution in [0.4, 0.5) is 0 Å². The van der Waals surface area contributed by atoms with Gasteiger partial charge < -0.3 is 10.8 Å². The molecule has 1 unspecified atom stereocenters. The van der Waals surface area contributed by atoms with Gasteiger partial charge in [0.25, 0.3) is 0 Å². The fourth-order valence-electron chi connectivity index (χ4n) is 3.30. The minimum Gasteiger partial charge on any atom is -0.388 e. The van der Waals surface area contributed by atoms with Gasteiger partial charge in [0.05, 0.1) is 6.10 Å². The minimum absolute atomic E-state index is 0.0937. The first kappa shape index (κ1) is 13.6. The Morgan fingerprint density at radius 2 is 1.89 bits per heavy atom. The molecule has 0 radical (unpaired) electrons. The van der Waals surface area contributed by atoms with E-state index in [4.69, 9.17) is 5.73 Å². The van der Waals surface area contributed by atoms with Crippen molar-refractivity contribution in [2.24, 2.45) is 11.1 Å². The van der Waals surface area contributed by atoms with Gasteiger partial charge in [-0.15, -0.1) is 0 Å². The van der Waals surface area contributed by atoms with Gasteiger partial charge in [-0.2, -0.15) is 0 Å². The summed E-state index contributed by atoms with van der Waals surface area (Å²) in [5.74, 6) is 0. The lowest BCUT2D eigenvalue weighted by molar-refractivity contribution is 0.000168. The summed E-state index contributed by atoms with van der Waals surface area (Å²) in [5, 5.41) is 10.8. The predicted octanol–water partition coefficient (Wildman–Crippen LogP) is 3.19. The van der Waals surface area contributed by atoms with E-state index in [2.05, 4.69) is 19.1 Å². The average Bonchev–Trinajstić information content (AvgIpc) is 2.47. The van der Waals surface area contributed by atoms with E-state index in [1.165, 1.54) is 24.8 Å². The highest BCUT2D eigenvalue weighted by molar-refractivity contribution is 5.30. The van der Waals surface area contributed by atoms with Gasteiger partial charge in [0.2, 0.25) is 0 Å². The zero-order valence-electron chi connectivity index (χ0n) is 11.4. The number of aliphatic hydroxyl groups excluding tert-OH is 1. The second kappa shape index (κ2) is 5.85. The highest BCUT2D eigenvalue weighted by Gasteiger charge is 2.39. The number of hydrogen-bond acceptors (Lipinski definition) is 2. The second-order valence-corrected chi connectivity index (χ2v) is 5.58. The van der Waals surface area contributed by atoms with Crippen LogP contribution >= 0.6 is 0 Å². The van der Waals surface area contributed by atoms with Gasteiger partial charge in [-0.1, -0.05) is 50.5 Å². The summed E-state index contributed by atoms with van der Waals surface area (Å²) >= 11 is 0. The molecule has 0 heterocycles. The third-order valence-electron chi connectivity index (χ3n) is 4.57. The van der Waals surface area contributed by atoms with Gasteiger partial charge in [0, 0.05) is 12.0 Å². The number of benzene rings is 1. The average molecular weight is 247 g/mol.